The number of hydrogen-bond donors (Lipinski definition) is 1. The molecule has 0 spiro atoms. The normalized spacial score (nSPS) is 18.9. The molecule has 1 aromatic heterocycles. The summed E-state index contributed by atoms with van der Waals surface area (Å²) in [5.74, 6) is 0.147. The first-order valence-corrected chi connectivity index (χ1v) is 8.59. The predicted molar refractivity (Wildman–Crippen MR) is 86.5 cm³/mol. The van der Waals surface area contributed by atoms with Crippen LogP contribution < -0.4 is 5.32 Å². The molecule has 1 unspecified atom stereocenters. The van der Waals surface area contributed by atoms with E-state index >= 15 is 0 Å². The third-order valence-corrected chi connectivity index (χ3v) is 4.68. The lowest BCUT2D eigenvalue weighted by Crippen LogP contribution is -2.55. The number of amides is 1. The highest BCUT2D eigenvalue weighted by Crippen LogP contribution is 2.20. The molecule has 118 valence electrons. The number of carbonyl (C=O) groups is 1. The van der Waals surface area contributed by atoms with Gasteiger partial charge in [-0.05, 0) is 44.7 Å². The van der Waals surface area contributed by atoms with E-state index in [1.807, 2.05) is 31.7 Å². The summed E-state index contributed by atoms with van der Waals surface area (Å²) >= 11 is 1.70. The second-order valence-electron chi connectivity index (χ2n) is 6.06. The molecule has 1 aliphatic heterocycles. The van der Waals surface area contributed by atoms with E-state index in [1.165, 1.54) is 4.88 Å². The van der Waals surface area contributed by atoms with Crippen LogP contribution in [-0.2, 0) is 16.1 Å². The van der Waals surface area contributed by atoms with Crippen molar-refractivity contribution in [1.29, 1.82) is 0 Å². The van der Waals surface area contributed by atoms with Gasteiger partial charge in [-0.15, -0.1) is 11.3 Å². The van der Waals surface area contributed by atoms with Crippen LogP contribution in [-0.4, -0.2) is 42.1 Å². The number of nitrogens with one attached hydrogen (secondary N) is 1. The van der Waals surface area contributed by atoms with E-state index in [0.717, 1.165) is 26.0 Å². The maximum atomic E-state index is 12.9. The molecule has 0 aliphatic carbocycles. The van der Waals surface area contributed by atoms with E-state index in [2.05, 4.69) is 16.8 Å². The van der Waals surface area contributed by atoms with Crippen molar-refractivity contribution >= 4 is 17.2 Å². The second kappa shape index (κ2) is 7.38. The van der Waals surface area contributed by atoms with Crippen molar-refractivity contribution in [2.45, 2.75) is 51.8 Å². The maximum Gasteiger partial charge on any atom is 0.242 e. The average Bonchev–Trinajstić information content (AvgIpc) is 3.10. The molecule has 1 aromatic rings. The maximum absolute atomic E-state index is 12.9. The van der Waals surface area contributed by atoms with E-state index in [9.17, 15) is 4.79 Å². The molecule has 21 heavy (non-hydrogen) atoms. The SMILES string of the molecule is CCNC(C)(C)C(=O)N(Cc1cccs1)CC1CCCO1. The van der Waals surface area contributed by atoms with Crippen LogP contribution in [0.15, 0.2) is 17.5 Å². The molecule has 0 radical (unpaired) electrons. The van der Waals surface area contributed by atoms with Gasteiger partial charge in [0.1, 0.15) is 0 Å². The van der Waals surface area contributed by atoms with Gasteiger partial charge in [-0.1, -0.05) is 13.0 Å². The van der Waals surface area contributed by atoms with Gasteiger partial charge in [-0.2, -0.15) is 0 Å². The highest BCUT2D eigenvalue weighted by atomic mass is 32.1. The van der Waals surface area contributed by atoms with E-state index in [-0.39, 0.29) is 12.0 Å². The van der Waals surface area contributed by atoms with Crippen LogP contribution in [0.25, 0.3) is 0 Å². The van der Waals surface area contributed by atoms with Crippen LogP contribution in [0.1, 0.15) is 38.5 Å². The van der Waals surface area contributed by atoms with Gasteiger partial charge in [0, 0.05) is 18.0 Å². The third-order valence-electron chi connectivity index (χ3n) is 3.82. The summed E-state index contributed by atoms with van der Waals surface area (Å²) in [7, 11) is 0. The molecular weight excluding hydrogens is 284 g/mol. The quantitative estimate of drug-likeness (QED) is 0.842. The van der Waals surface area contributed by atoms with Crippen LogP contribution in [0.5, 0.6) is 0 Å². The van der Waals surface area contributed by atoms with Gasteiger partial charge in [0.2, 0.25) is 5.91 Å². The van der Waals surface area contributed by atoms with Crippen molar-refractivity contribution < 1.29 is 9.53 Å². The van der Waals surface area contributed by atoms with Gasteiger partial charge >= 0.3 is 0 Å². The van der Waals surface area contributed by atoms with Crippen LogP contribution in [0.3, 0.4) is 0 Å². The molecule has 2 heterocycles. The Hall–Kier alpha value is -0.910. The first-order chi connectivity index (χ1) is 10.0. The van der Waals surface area contributed by atoms with E-state index in [4.69, 9.17) is 4.74 Å². The smallest absolute Gasteiger partial charge is 0.242 e. The van der Waals surface area contributed by atoms with Crippen molar-refractivity contribution in [1.82, 2.24) is 10.2 Å². The molecule has 1 saturated heterocycles. The Morgan fingerprint density at radius 1 is 1.57 bits per heavy atom. The minimum absolute atomic E-state index is 0.147. The highest BCUT2D eigenvalue weighted by molar-refractivity contribution is 7.09. The second-order valence-corrected chi connectivity index (χ2v) is 7.09. The lowest BCUT2D eigenvalue weighted by atomic mass is 10.0. The predicted octanol–water partition coefficient (Wildman–Crippen LogP) is 2.64. The fourth-order valence-electron chi connectivity index (χ4n) is 2.76. The summed E-state index contributed by atoms with van der Waals surface area (Å²) in [6, 6.07) is 4.12. The first kappa shape index (κ1) is 16.5. The molecule has 0 aromatic carbocycles. The molecule has 1 fully saturated rings. The fraction of sp³-hybridized carbons (Fsp3) is 0.688. The molecule has 0 bridgehead atoms. The van der Waals surface area contributed by atoms with Gasteiger partial charge in [0.05, 0.1) is 18.2 Å². The van der Waals surface area contributed by atoms with Gasteiger partial charge in [0.15, 0.2) is 0 Å². The average molecular weight is 310 g/mol. The van der Waals surface area contributed by atoms with Gasteiger partial charge in [-0.25, -0.2) is 0 Å². The van der Waals surface area contributed by atoms with Crippen LogP contribution >= 0.6 is 11.3 Å². The molecular formula is C16H26N2O2S. The van der Waals surface area contributed by atoms with Gasteiger partial charge in [-0.3, -0.25) is 4.79 Å². The molecule has 4 nitrogen and oxygen atoms in total. The van der Waals surface area contributed by atoms with E-state index in [1.54, 1.807) is 11.3 Å². The number of likely N-dealkylation sites (N-methyl/N-ethyl adjacent to an activating group) is 1. The van der Waals surface area contributed by atoms with Crippen molar-refractivity contribution in [2.24, 2.45) is 0 Å². The van der Waals surface area contributed by atoms with Crippen molar-refractivity contribution in [3.63, 3.8) is 0 Å². The van der Waals surface area contributed by atoms with Crippen molar-refractivity contribution in [3.05, 3.63) is 22.4 Å². The Labute approximate surface area is 131 Å². The van der Waals surface area contributed by atoms with Crippen LogP contribution in [0, 0.1) is 0 Å². The zero-order chi connectivity index (χ0) is 15.3. The van der Waals surface area contributed by atoms with Crippen molar-refractivity contribution in [3.8, 4) is 0 Å². The topological polar surface area (TPSA) is 41.6 Å². The third kappa shape index (κ3) is 4.53. The minimum atomic E-state index is -0.537. The Morgan fingerprint density at radius 2 is 2.38 bits per heavy atom. The standard InChI is InChI=1S/C16H26N2O2S/c1-4-17-16(2,3)15(19)18(11-13-7-5-9-20-13)12-14-8-6-10-21-14/h6,8,10,13,17H,4-5,7,9,11-12H2,1-3H3. The monoisotopic (exact) mass is 310 g/mol. The summed E-state index contributed by atoms with van der Waals surface area (Å²) in [6.45, 7) is 8.90. The Kier molecular flexibility index (Phi) is 5.79. The number of nitrogens with zero attached hydrogens (tertiary/aromatic N) is 1. The molecule has 5 heteroatoms. The molecule has 1 amide bonds. The fourth-order valence-corrected chi connectivity index (χ4v) is 3.48. The first-order valence-electron chi connectivity index (χ1n) is 7.71. The van der Waals surface area contributed by atoms with Crippen LogP contribution in [0.4, 0.5) is 0 Å². The summed E-state index contributed by atoms with van der Waals surface area (Å²) in [5, 5.41) is 5.33. The summed E-state index contributed by atoms with van der Waals surface area (Å²) in [4.78, 5) is 16.0. The Balaban J connectivity index is 2.07. The number of hydrogen-bond acceptors (Lipinski definition) is 4. The lowest BCUT2D eigenvalue weighted by molar-refractivity contribution is -0.139. The number of rotatable bonds is 7. The van der Waals surface area contributed by atoms with Crippen molar-refractivity contribution in [2.75, 3.05) is 19.7 Å². The van der Waals surface area contributed by atoms with E-state index < -0.39 is 5.54 Å². The number of carbonyl (C=O) groups excluding carboxylic acids is 1. The summed E-state index contributed by atoms with van der Waals surface area (Å²) in [5.41, 5.74) is -0.537. The minimum Gasteiger partial charge on any atom is -0.376 e. The molecule has 1 N–H and O–H groups in total. The van der Waals surface area contributed by atoms with Gasteiger partial charge < -0.3 is 15.0 Å². The molecule has 2 rings (SSSR count). The number of thiophene rings is 1. The Bertz CT molecular complexity index is 439. The summed E-state index contributed by atoms with van der Waals surface area (Å²) in [6.07, 6.45) is 2.34. The highest BCUT2D eigenvalue weighted by Gasteiger charge is 2.33. The lowest BCUT2D eigenvalue weighted by Gasteiger charge is -2.33. The molecule has 1 aliphatic rings. The number of ether oxygens (including phenoxy) is 1. The molecule has 1 atom stereocenters. The summed E-state index contributed by atoms with van der Waals surface area (Å²) < 4.78 is 5.71. The zero-order valence-corrected chi connectivity index (χ0v) is 14.0. The largest absolute Gasteiger partial charge is 0.376 e. The zero-order valence-electron chi connectivity index (χ0n) is 13.2. The van der Waals surface area contributed by atoms with E-state index in [0.29, 0.717) is 13.1 Å². The Morgan fingerprint density at radius 3 is 2.95 bits per heavy atom. The van der Waals surface area contributed by atoms with Gasteiger partial charge in [0.25, 0.3) is 0 Å². The molecule has 0 saturated carbocycles. The van der Waals surface area contributed by atoms with Crippen LogP contribution in [0.2, 0.25) is 0 Å².